The van der Waals surface area contributed by atoms with E-state index < -0.39 is 6.10 Å². The summed E-state index contributed by atoms with van der Waals surface area (Å²) in [5.74, 6) is -0.910. The van der Waals surface area contributed by atoms with Gasteiger partial charge in [-0.3, -0.25) is 14.4 Å². The smallest absolute Gasteiger partial charge is 0.306 e. The van der Waals surface area contributed by atoms with E-state index in [1.165, 1.54) is 96.3 Å². The molecule has 1 atom stereocenters. The Labute approximate surface area is 426 Å². The van der Waals surface area contributed by atoms with Gasteiger partial charge in [0, 0.05) is 19.3 Å². The van der Waals surface area contributed by atoms with Gasteiger partial charge in [-0.1, -0.05) is 240 Å². The molecular weight excluding hydrogens is 853 g/mol. The molecule has 0 spiro atoms. The van der Waals surface area contributed by atoms with Crippen LogP contribution in [0.15, 0.2) is 97.2 Å². The first-order valence-electron chi connectivity index (χ1n) is 28.7. The molecule has 0 aromatic rings. The maximum atomic E-state index is 12.7. The molecule has 0 aliphatic carbocycles. The summed E-state index contributed by atoms with van der Waals surface area (Å²) in [7, 11) is 0. The molecule has 1 unspecified atom stereocenters. The largest absolute Gasteiger partial charge is 0.462 e. The Morgan fingerprint density at radius 2 is 0.565 bits per heavy atom. The van der Waals surface area contributed by atoms with E-state index in [1.54, 1.807) is 0 Å². The molecule has 0 saturated heterocycles. The van der Waals surface area contributed by atoms with E-state index in [0.29, 0.717) is 19.3 Å². The maximum absolute atomic E-state index is 12.7. The van der Waals surface area contributed by atoms with Gasteiger partial charge in [0.2, 0.25) is 0 Å². The zero-order chi connectivity index (χ0) is 50.0. The van der Waals surface area contributed by atoms with Crippen molar-refractivity contribution >= 4 is 17.9 Å². The zero-order valence-electron chi connectivity index (χ0n) is 45.0. The van der Waals surface area contributed by atoms with Crippen LogP contribution in [0.5, 0.6) is 0 Å². The fourth-order valence-corrected chi connectivity index (χ4v) is 7.77. The van der Waals surface area contributed by atoms with Crippen LogP contribution in [0.1, 0.15) is 265 Å². The van der Waals surface area contributed by atoms with Gasteiger partial charge in [-0.2, -0.15) is 0 Å². The molecule has 0 aromatic heterocycles. The predicted octanol–water partition coefficient (Wildman–Crippen LogP) is 19.3. The van der Waals surface area contributed by atoms with E-state index in [1.807, 2.05) is 0 Å². The minimum absolute atomic E-state index is 0.0824. The number of carbonyl (C=O) groups excluding carboxylic acids is 3. The highest BCUT2D eigenvalue weighted by atomic mass is 16.6. The average Bonchev–Trinajstić information content (AvgIpc) is 3.35. The van der Waals surface area contributed by atoms with Crippen molar-refractivity contribution in [2.45, 2.75) is 271 Å². The molecule has 394 valence electrons. The highest BCUT2D eigenvalue weighted by Crippen LogP contribution is 2.14. The van der Waals surface area contributed by atoms with Gasteiger partial charge >= 0.3 is 17.9 Å². The molecule has 0 aliphatic rings. The molecule has 0 aliphatic heterocycles. The quantitative estimate of drug-likeness (QED) is 0.0262. The summed E-state index contributed by atoms with van der Waals surface area (Å²) < 4.78 is 16.7. The maximum Gasteiger partial charge on any atom is 0.306 e. The lowest BCUT2D eigenvalue weighted by molar-refractivity contribution is -0.167. The number of rotatable bonds is 51. The number of hydrogen-bond acceptors (Lipinski definition) is 6. The van der Waals surface area contributed by atoms with Crippen molar-refractivity contribution in [2.24, 2.45) is 0 Å². The molecular formula is C63H106O6. The number of esters is 3. The number of hydrogen-bond donors (Lipinski definition) is 0. The predicted molar refractivity (Wildman–Crippen MR) is 297 cm³/mol. The second-order valence-corrected chi connectivity index (χ2v) is 18.8. The van der Waals surface area contributed by atoms with Crippen LogP contribution in [0, 0.1) is 0 Å². The minimum atomic E-state index is -0.780. The van der Waals surface area contributed by atoms with E-state index >= 15 is 0 Å². The van der Waals surface area contributed by atoms with Gasteiger partial charge in [0.25, 0.3) is 0 Å². The summed E-state index contributed by atoms with van der Waals surface area (Å²) >= 11 is 0. The van der Waals surface area contributed by atoms with Crippen molar-refractivity contribution in [1.82, 2.24) is 0 Å². The summed E-state index contributed by atoms with van der Waals surface area (Å²) in [6.45, 7) is 6.42. The minimum Gasteiger partial charge on any atom is -0.462 e. The summed E-state index contributed by atoms with van der Waals surface area (Å²) in [6, 6.07) is 0. The second kappa shape index (κ2) is 56.9. The van der Waals surface area contributed by atoms with Crippen molar-refractivity contribution in [3.8, 4) is 0 Å². The Kier molecular flexibility index (Phi) is 53.9. The van der Waals surface area contributed by atoms with Crippen LogP contribution in [0.25, 0.3) is 0 Å². The Balaban J connectivity index is 4.07. The van der Waals surface area contributed by atoms with E-state index in [-0.39, 0.29) is 31.1 Å². The van der Waals surface area contributed by atoms with E-state index in [0.717, 1.165) is 128 Å². The third-order valence-corrected chi connectivity index (χ3v) is 12.1. The highest BCUT2D eigenvalue weighted by Gasteiger charge is 2.19. The van der Waals surface area contributed by atoms with Crippen LogP contribution in [0.4, 0.5) is 0 Å². The lowest BCUT2D eigenvalue weighted by atomic mass is 10.1. The third kappa shape index (κ3) is 55.1. The first kappa shape index (κ1) is 65.3. The molecule has 0 heterocycles. The van der Waals surface area contributed by atoms with E-state index in [4.69, 9.17) is 14.2 Å². The fraction of sp³-hybridized carbons (Fsp3) is 0.698. The van der Waals surface area contributed by atoms with Crippen molar-refractivity contribution in [3.05, 3.63) is 97.2 Å². The fourth-order valence-electron chi connectivity index (χ4n) is 7.77. The first-order chi connectivity index (χ1) is 34.0. The number of ether oxygens (including phenoxy) is 3. The Morgan fingerprint density at radius 3 is 0.899 bits per heavy atom. The molecule has 0 aromatic carbocycles. The molecule has 0 bridgehead atoms. The van der Waals surface area contributed by atoms with Crippen molar-refractivity contribution < 1.29 is 28.6 Å². The topological polar surface area (TPSA) is 78.9 Å². The number of carbonyl (C=O) groups is 3. The van der Waals surface area contributed by atoms with Crippen molar-refractivity contribution in [1.29, 1.82) is 0 Å². The van der Waals surface area contributed by atoms with Gasteiger partial charge in [0.15, 0.2) is 6.10 Å². The lowest BCUT2D eigenvalue weighted by Gasteiger charge is -2.18. The lowest BCUT2D eigenvalue weighted by Crippen LogP contribution is -2.30. The molecule has 0 saturated carbocycles. The second-order valence-electron chi connectivity index (χ2n) is 18.8. The van der Waals surface area contributed by atoms with Crippen molar-refractivity contribution in [3.63, 3.8) is 0 Å². The number of unbranched alkanes of at least 4 members (excludes halogenated alkanes) is 24. The van der Waals surface area contributed by atoms with Gasteiger partial charge in [-0.05, 0) is 103 Å². The van der Waals surface area contributed by atoms with Gasteiger partial charge in [0.05, 0.1) is 0 Å². The first-order valence-corrected chi connectivity index (χ1v) is 28.7. The Morgan fingerprint density at radius 1 is 0.304 bits per heavy atom. The molecule has 0 rings (SSSR count). The van der Waals surface area contributed by atoms with E-state index in [9.17, 15) is 14.4 Å². The summed E-state index contributed by atoms with van der Waals surface area (Å²) in [5, 5.41) is 0. The standard InChI is InChI=1S/C63H106O6/c1-4-7-10-13-15-17-19-21-23-24-25-26-27-28-29-30-31-32-33-34-35-36-37-38-40-41-43-45-47-50-53-56-62(65)68-59-60(58-67-61(64)55-52-49-12-9-6-3)69-63(66)57-54-51-48-46-44-42-39-22-20-18-16-14-11-8-5-2/h7,10,15,17,21-23,25-26,28-29,31-32,34-35,39,60H,4-6,8-9,11-14,16,18-20,24,27,30,33,36-38,40-59H2,1-3H3/b10-7-,17-15-,23-21-,26-25-,29-28-,32-31-,35-34-,39-22-. The Hall–Kier alpha value is -3.67. The van der Waals surface area contributed by atoms with E-state index in [2.05, 4.69) is 118 Å². The molecule has 0 fully saturated rings. The highest BCUT2D eigenvalue weighted by molar-refractivity contribution is 5.71. The van der Waals surface area contributed by atoms with Crippen LogP contribution in [-0.2, 0) is 28.6 Å². The molecule has 0 radical (unpaired) electrons. The SMILES string of the molecule is CC/C=C\C/C=C\C/C=C\C/C=C\C/C=C\C/C=C\C/C=C\CCCCCCCCCCCC(=O)OCC(COC(=O)CCCCCCC)OC(=O)CCCCCCC/C=C\CCCCCCCC. The van der Waals surface area contributed by atoms with Crippen LogP contribution in [-0.4, -0.2) is 37.2 Å². The van der Waals surface area contributed by atoms with Crippen LogP contribution < -0.4 is 0 Å². The zero-order valence-corrected chi connectivity index (χ0v) is 45.0. The van der Waals surface area contributed by atoms with Gasteiger partial charge in [-0.15, -0.1) is 0 Å². The normalized spacial score (nSPS) is 12.8. The molecule has 69 heavy (non-hydrogen) atoms. The van der Waals surface area contributed by atoms with Crippen LogP contribution in [0.3, 0.4) is 0 Å². The Bertz CT molecular complexity index is 1380. The van der Waals surface area contributed by atoms with Crippen LogP contribution >= 0.6 is 0 Å². The van der Waals surface area contributed by atoms with Gasteiger partial charge in [0.1, 0.15) is 13.2 Å². The third-order valence-electron chi connectivity index (χ3n) is 12.1. The molecule has 0 N–H and O–H groups in total. The summed E-state index contributed by atoms with van der Waals surface area (Å²) in [6.07, 6.45) is 75.9. The summed E-state index contributed by atoms with van der Waals surface area (Å²) in [4.78, 5) is 37.7. The number of allylic oxidation sites excluding steroid dienone is 16. The molecule has 6 nitrogen and oxygen atoms in total. The average molecular weight is 960 g/mol. The summed E-state index contributed by atoms with van der Waals surface area (Å²) in [5.41, 5.74) is 0. The van der Waals surface area contributed by atoms with Crippen molar-refractivity contribution in [2.75, 3.05) is 13.2 Å². The molecule has 0 amide bonds. The monoisotopic (exact) mass is 959 g/mol. The van der Waals surface area contributed by atoms with Crippen LogP contribution in [0.2, 0.25) is 0 Å². The molecule has 6 heteroatoms. The van der Waals surface area contributed by atoms with Gasteiger partial charge < -0.3 is 14.2 Å². The van der Waals surface area contributed by atoms with Gasteiger partial charge in [-0.25, -0.2) is 0 Å².